The number of anilines is 2. The lowest BCUT2D eigenvalue weighted by molar-refractivity contribution is -0.137. The van der Waals surface area contributed by atoms with E-state index in [4.69, 9.17) is 4.98 Å². The predicted molar refractivity (Wildman–Crippen MR) is 128 cm³/mol. The van der Waals surface area contributed by atoms with Gasteiger partial charge in [0, 0.05) is 44.3 Å². The number of carbonyl (C=O) groups is 1. The van der Waals surface area contributed by atoms with Crippen molar-refractivity contribution in [3.63, 3.8) is 0 Å². The SMILES string of the molecule is Cc1c(CN2CCN(C(=O)C3CCCC3)CC2)cccc1Nc1nc2ccccc2s1. The number of hydrogen-bond donors (Lipinski definition) is 1. The van der Waals surface area contributed by atoms with E-state index in [0.717, 1.165) is 61.9 Å². The third kappa shape index (κ3) is 4.46. The number of aromatic nitrogens is 1. The van der Waals surface area contributed by atoms with Gasteiger partial charge in [-0.25, -0.2) is 4.98 Å². The lowest BCUT2D eigenvalue weighted by atomic mass is 10.0. The third-order valence-electron chi connectivity index (χ3n) is 6.76. The van der Waals surface area contributed by atoms with Crippen molar-refractivity contribution in [1.29, 1.82) is 0 Å². The number of benzene rings is 2. The number of hydrogen-bond acceptors (Lipinski definition) is 5. The van der Waals surface area contributed by atoms with E-state index in [1.165, 1.54) is 28.7 Å². The second kappa shape index (κ2) is 8.97. The zero-order valence-corrected chi connectivity index (χ0v) is 19.0. The zero-order chi connectivity index (χ0) is 21.2. The van der Waals surface area contributed by atoms with Gasteiger partial charge in [0.25, 0.3) is 0 Å². The average molecular weight is 435 g/mol. The van der Waals surface area contributed by atoms with E-state index in [1.807, 2.05) is 6.07 Å². The van der Waals surface area contributed by atoms with Crippen LogP contribution in [0.1, 0.15) is 36.8 Å². The van der Waals surface area contributed by atoms with E-state index in [1.54, 1.807) is 11.3 Å². The van der Waals surface area contributed by atoms with Crippen molar-refractivity contribution in [3.8, 4) is 0 Å². The first-order valence-corrected chi connectivity index (χ1v) is 12.2. The molecule has 0 bridgehead atoms. The van der Waals surface area contributed by atoms with Crippen LogP contribution >= 0.6 is 11.3 Å². The molecule has 2 aliphatic rings. The van der Waals surface area contributed by atoms with Gasteiger partial charge in [-0.2, -0.15) is 0 Å². The van der Waals surface area contributed by atoms with Gasteiger partial charge in [-0.05, 0) is 49.1 Å². The molecular weight excluding hydrogens is 404 g/mol. The summed E-state index contributed by atoms with van der Waals surface area (Å²) in [5.41, 5.74) is 4.76. The van der Waals surface area contributed by atoms with Crippen LogP contribution in [-0.2, 0) is 11.3 Å². The number of nitrogens with one attached hydrogen (secondary N) is 1. The highest BCUT2D eigenvalue weighted by atomic mass is 32.1. The Hall–Kier alpha value is -2.44. The Morgan fingerprint density at radius 2 is 1.84 bits per heavy atom. The maximum Gasteiger partial charge on any atom is 0.225 e. The summed E-state index contributed by atoms with van der Waals surface area (Å²) in [5.74, 6) is 0.689. The molecule has 0 spiro atoms. The van der Waals surface area contributed by atoms with Crippen LogP contribution in [0, 0.1) is 12.8 Å². The first kappa shape index (κ1) is 20.5. The fourth-order valence-electron chi connectivity index (χ4n) is 4.83. The molecule has 5 nitrogen and oxygen atoms in total. The normalized spacial score (nSPS) is 18.0. The highest BCUT2D eigenvalue weighted by Gasteiger charge is 2.29. The van der Waals surface area contributed by atoms with Gasteiger partial charge in [0.2, 0.25) is 5.91 Å². The van der Waals surface area contributed by atoms with Gasteiger partial charge >= 0.3 is 0 Å². The maximum atomic E-state index is 12.7. The Bertz CT molecular complexity index is 1030. The molecule has 1 aliphatic carbocycles. The van der Waals surface area contributed by atoms with Crippen LogP contribution in [0.15, 0.2) is 42.5 Å². The summed E-state index contributed by atoms with van der Waals surface area (Å²) >= 11 is 1.69. The van der Waals surface area contributed by atoms with Gasteiger partial charge in [0.1, 0.15) is 0 Å². The second-order valence-electron chi connectivity index (χ2n) is 8.78. The van der Waals surface area contributed by atoms with E-state index in [2.05, 4.69) is 58.4 Å². The van der Waals surface area contributed by atoms with Crippen LogP contribution < -0.4 is 5.32 Å². The molecule has 3 aromatic rings. The summed E-state index contributed by atoms with van der Waals surface area (Å²) in [6, 6.07) is 14.7. The molecule has 1 aromatic heterocycles. The van der Waals surface area contributed by atoms with Gasteiger partial charge in [-0.15, -0.1) is 0 Å². The fraction of sp³-hybridized carbons (Fsp3) is 0.440. The van der Waals surface area contributed by atoms with E-state index >= 15 is 0 Å². The first-order chi connectivity index (χ1) is 15.2. The summed E-state index contributed by atoms with van der Waals surface area (Å²) in [6.07, 6.45) is 4.62. The molecule has 1 amide bonds. The highest BCUT2D eigenvalue weighted by Crippen LogP contribution is 2.31. The molecular formula is C25H30N4OS. The van der Waals surface area contributed by atoms with Crippen LogP contribution in [0.2, 0.25) is 0 Å². The first-order valence-electron chi connectivity index (χ1n) is 11.4. The fourth-order valence-corrected chi connectivity index (χ4v) is 5.71. The molecule has 1 N–H and O–H groups in total. The third-order valence-corrected chi connectivity index (χ3v) is 7.72. The smallest absolute Gasteiger partial charge is 0.225 e. The van der Waals surface area contributed by atoms with Crippen LogP contribution in [0.5, 0.6) is 0 Å². The lowest BCUT2D eigenvalue weighted by Crippen LogP contribution is -2.49. The van der Waals surface area contributed by atoms with Crippen molar-refractivity contribution in [3.05, 3.63) is 53.6 Å². The molecule has 5 rings (SSSR count). The van der Waals surface area contributed by atoms with Crippen molar-refractivity contribution in [2.45, 2.75) is 39.2 Å². The van der Waals surface area contributed by atoms with Gasteiger partial charge in [0.15, 0.2) is 5.13 Å². The topological polar surface area (TPSA) is 48.5 Å². The van der Waals surface area contributed by atoms with Crippen molar-refractivity contribution < 1.29 is 4.79 Å². The average Bonchev–Trinajstić information content (AvgIpc) is 3.46. The van der Waals surface area contributed by atoms with Crippen molar-refractivity contribution in [2.24, 2.45) is 5.92 Å². The molecule has 162 valence electrons. The monoisotopic (exact) mass is 434 g/mol. The summed E-state index contributed by atoms with van der Waals surface area (Å²) in [5, 5.41) is 4.46. The second-order valence-corrected chi connectivity index (χ2v) is 9.81. The molecule has 0 unspecified atom stereocenters. The van der Waals surface area contributed by atoms with Gasteiger partial charge < -0.3 is 10.2 Å². The molecule has 2 fully saturated rings. The van der Waals surface area contributed by atoms with Crippen molar-refractivity contribution in [2.75, 3.05) is 31.5 Å². The van der Waals surface area contributed by atoms with E-state index in [9.17, 15) is 4.79 Å². The van der Waals surface area contributed by atoms with Crippen LogP contribution in [-0.4, -0.2) is 46.9 Å². The highest BCUT2D eigenvalue weighted by molar-refractivity contribution is 7.22. The predicted octanol–water partition coefficient (Wildman–Crippen LogP) is 5.18. The van der Waals surface area contributed by atoms with Crippen LogP contribution in [0.3, 0.4) is 0 Å². The summed E-state index contributed by atoms with van der Waals surface area (Å²) in [7, 11) is 0. The van der Waals surface area contributed by atoms with Gasteiger partial charge in [-0.1, -0.05) is 48.4 Å². The summed E-state index contributed by atoms with van der Waals surface area (Å²) in [6.45, 7) is 6.73. The number of carbonyl (C=O) groups excluding carboxylic acids is 1. The number of nitrogens with zero attached hydrogens (tertiary/aromatic N) is 3. The van der Waals surface area contributed by atoms with Gasteiger partial charge in [-0.3, -0.25) is 9.69 Å². The largest absolute Gasteiger partial charge is 0.340 e. The Balaban J connectivity index is 1.22. The summed E-state index contributed by atoms with van der Waals surface area (Å²) < 4.78 is 1.20. The van der Waals surface area contributed by atoms with Crippen molar-refractivity contribution in [1.82, 2.24) is 14.8 Å². The maximum absolute atomic E-state index is 12.7. The molecule has 2 aromatic carbocycles. The minimum absolute atomic E-state index is 0.291. The Morgan fingerprint density at radius 3 is 2.61 bits per heavy atom. The van der Waals surface area contributed by atoms with Gasteiger partial charge in [0.05, 0.1) is 10.2 Å². The number of amides is 1. The minimum atomic E-state index is 0.291. The molecule has 0 atom stereocenters. The Kier molecular flexibility index (Phi) is 5.92. The van der Waals surface area contributed by atoms with E-state index < -0.39 is 0 Å². The number of fused-ring (bicyclic) bond motifs is 1. The standard InChI is InChI=1S/C25H30N4OS/c1-18-20(17-28-13-15-29(16-14-28)24(30)19-7-2-3-8-19)9-6-11-21(18)26-25-27-22-10-4-5-12-23(22)31-25/h4-6,9-12,19H,2-3,7-8,13-17H2,1H3,(H,26,27). The zero-order valence-electron chi connectivity index (χ0n) is 18.1. The number of para-hydroxylation sites is 1. The quantitative estimate of drug-likeness (QED) is 0.601. The summed E-state index contributed by atoms with van der Waals surface area (Å²) in [4.78, 5) is 22.0. The molecule has 31 heavy (non-hydrogen) atoms. The van der Waals surface area contributed by atoms with E-state index in [-0.39, 0.29) is 0 Å². The van der Waals surface area contributed by atoms with Crippen LogP contribution in [0.4, 0.5) is 10.8 Å². The molecule has 2 heterocycles. The van der Waals surface area contributed by atoms with Crippen molar-refractivity contribution >= 4 is 38.3 Å². The number of rotatable bonds is 5. The lowest BCUT2D eigenvalue weighted by Gasteiger charge is -2.36. The Labute approximate surface area is 188 Å². The molecule has 1 saturated carbocycles. The molecule has 0 radical (unpaired) electrons. The molecule has 1 aliphatic heterocycles. The van der Waals surface area contributed by atoms with Crippen LogP contribution in [0.25, 0.3) is 10.2 Å². The van der Waals surface area contributed by atoms with E-state index in [0.29, 0.717) is 11.8 Å². The minimum Gasteiger partial charge on any atom is -0.340 e. The number of thiazole rings is 1. The molecule has 6 heteroatoms. The molecule has 1 saturated heterocycles. The number of piperazine rings is 1. The Morgan fingerprint density at radius 1 is 1.06 bits per heavy atom.